The summed E-state index contributed by atoms with van der Waals surface area (Å²) in [5, 5.41) is 56.2. The molecule has 37 heavy (non-hydrogen) atoms. The Morgan fingerprint density at radius 3 is 2.41 bits per heavy atom. The van der Waals surface area contributed by atoms with Gasteiger partial charge >= 0.3 is 5.97 Å². The Hall–Kier alpha value is -1.32. The Morgan fingerprint density at radius 1 is 1.11 bits per heavy atom. The summed E-state index contributed by atoms with van der Waals surface area (Å²) >= 11 is 0. The predicted molar refractivity (Wildman–Crippen MR) is 134 cm³/mol. The van der Waals surface area contributed by atoms with E-state index in [0.717, 1.165) is 0 Å². The van der Waals surface area contributed by atoms with E-state index >= 15 is 0 Å². The van der Waals surface area contributed by atoms with Crippen LogP contribution in [0.15, 0.2) is 11.6 Å². The summed E-state index contributed by atoms with van der Waals surface area (Å²) in [4.78, 5) is 25.4. The van der Waals surface area contributed by atoms with Crippen LogP contribution in [0.25, 0.3) is 0 Å². The highest BCUT2D eigenvalue weighted by Crippen LogP contribution is 2.68. The van der Waals surface area contributed by atoms with Gasteiger partial charge in [0.05, 0.1) is 35.4 Å². The van der Waals surface area contributed by atoms with Crippen molar-refractivity contribution in [1.82, 2.24) is 0 Å². The van der Waals surface area contributed by atoms with Gasteiger partial charge in [-0.1, -0.05) is 20.8 Å². The first-order valence-electron chi connectivity index (χ1n) is 14.0. The second kappa shape index (κ2) is 8.59. The van der Waals surface area contributed by atoms with Crippen LogP contribution < -0.4 is 0 Å². The van der Waals surface area contributed by atoms with Crippen LogP contribution in [-0.4, -0.2) is 72.9 Å². The summed E-state index contributed by atoms with van der Waals surface area (Å²) in [6, 6.07) is 0. The zero-order chi connectivity index (χ0) is 27.3. The number of aliphatic hydroxyl groups excluding tert-OH is 3. The summed E-state index contributed by atoms with van der Waals surface area (Å²) in [5.41, 5.74) is -3.47. The van der Waals surface area contributed by atoms with E-state index in [1.165, 1.54) is 0 Å². The fraction of sp³-hybridized carbons (Fsp3) is 0.862. The SMILES string of the molecule is C[C@@H]1OC(=O)[C@@H](C)[C@@H]1C[C@H](O)[C@](C)(O)[C@H]1CC[C@@]2(O)C3=CC(=O)[C@@H]4C[C@H](O)[C@H](O)C[C@]4(C)[C@H]3CC[C@]12C. The molecule has 0 unspecified atom stereocenters. The lowest BCUT2D eigenvalue weighted by Crippen LogP contribution is -2.63. The quantitative estimate of drug-likeness (QED) is 0.354. The van der Waals surface area contributed by atoms with Gasteiger partial charge in [-0.25, -0.2) is 0 Å². The molecule has 4 fully saturated rings. The number of hydrogen-bond acceptors (Lipinski definition) is 8. The van der Waals surface area contributed by atoms with Gasteiger partial charge in [0.15, 0.2) is 5.78 Å². The van der Waals surface area contributed by atoms with Crippen molar-refractivity contribution < 1.29 is 39.9 Å². The molecule has 3 saturated carbocycles. The standard InChI is InChI=1S/C29H44O8/c1-14-16(15(2)37-25(14)34)10-24(33)28(5,35)23-7-9-29(36)18-11-20(30)19-12-21(31)22(32)13-26(19,3)17(18)6-8-27(23,29)4/h11,14-17,19,21-24,31-33,35-36H,6-10,12-13H2,1-5H3/t14-,15-,16-,17-,19-,21-,22+,23-,24-,26+,27+,28+,29+/m0/s1. The van der Waals surface area contributed by atoms with Gasteiger partial charge in [-0.15, -0.1) is 0 Å². The van der Waals surface area contributed by atoms with Gasteiger partial charge in [0.2, 0.25) is 0 Å². The van der Waals surface area contributed by atoms with Crippen LogP contribution in [0.1, 0.15) is 79.6 Å². The Labute approximate surface area is 219 Å². The van der Waals surface area contributed by atoms with E-state index in [9.17, 15) is 35.1 Å². The summed E-state index contributed by atoms with van der Waals surface area (Å²) in [6.45, 7) is 9.21. The van der Waals surface area contributed by atoms with Gasteiger partial charge in [-0.05, 0) is 87.7 Å². The maximum absolute atomic E-state index is 13.3. The molecule has 8 nitrogen and oxygen atoms in total. The highest BCUT2D eigenvalue weighted by atomic mass is 16.6. The number of rotatable bonds is 4. The van der Waals surface area contributed by atoms with Crippen molar-refractivity contribution in [3.63, 3.8) is 0 Å². The number of esters is 1. The first-order chi connectivity index (χ1) is 17.1. The number of ether oxygens (including phenoxy) is 1. The number of carbonyl (C=O) groups is 2. The molecule has 0 aromatic rings. The van der Waals surface area contributed by atoms with Crippen LogP contribution in [0.2, 0.25) is 0 Å². The molecule has 1 heterocycles. The lowest BCUT2D eigenvalue weighted by atomic mass is 9.45. The van der Waals surface area contributed by atoms with Gasteiger partial charge in [-0.2, -0.15) is 0 Å². The van der Waals surface area contributed by atoms with E-state index in [2.05, 4.69) is 0 Å². The lowest BCUT2D eigenvalue weighted by molar-refractivity contribution is -0.178. The van der Waals surface area contributed by atoms with Crippen molar-refractivity contribution in [3.8, 4) is 0 Å². The average molecular weight is 521 g/mol. The van der Waals surface area contributed by atoms with Crippen LogP contribution >= 0.6 is 0 Å². The molecule has 13 atom stereocenters. The van der Waals surface area contributed by atoms with Crippen LogP contribution in [-0.2, 0) is 14.3 Å². The molecule has 0 spiro atoms. The topological polar surface area (TPSA) is 145 Å². The van der Waals surface area contributed by atoms with Crippen molar-refractivity contribution in [2.24, 2.45) is 40.4 Å². The fourth-order valence-electron chi connectivity index (χ4n) is 9.39. The molecule has 5 rings (SSSR count). The van der Waals surface area contributed by atoms with Crippen LogP contribution in [0.3, 0.4) is 0 Å². The zero-order valence-corrected chi connectivity index (χ0v) is 22.7. The number of cyclic esters (lactones) is 1. The van der Waals surface area contributed by atoms with Crippen LogP contribution in [0, 0.1) is 40.4 Å². The van der Waals surface area contributed by atoms with E-state index in [0.29, 0.717) is 37.7 Å². The largest absolute Gasteiger partial charge is 0.462 e. The summed E-state index contributed by atoms with van der Waals surface area (Å²) in [6.07, 6.45) is 1.21. The number of fused-ring (bicyclic) bond motifs is 5. The first kappa shape index (κ1) is 27.3. The van der Waals surface area contributed by atoms with Crippen molar-refractivity contribution in [3.05, 3.63) is 11.6 Å². The Kier molecular flexibility index (Phi) is 6.33. The molecule has 208 valence electrons. The molecule has 8 heteroatoms. The average Bonchev–Trinajstić information content (AvgIpc) is 3.23. The highest BCUT2D eigenvalue weighted by Gasteiger charge is 2.69. The molecule has 0 radical (unpaired) electrons. The summed E-state index contributed by atoms with van der Waals surface area (Å²) < 4.78 is 5.34. The van der Waals surface area contributed by atoms with Crippen molar-refractivity contribution >= 4 is 11.8 Å². The smallest absolute Gasteiger partial charge is 0.309 e. The molecule has 0 bridgehead atoms. The summed E-state index contributed by atoms with van der Waals surface area (Å²) in [7, 11) is 0. The molecular formula is C29H44O8. The number of ketones is 1. The van der Waals surface area contributed by atoms with Crippen LogP contribution in [0.4, 0.5) is 0 Å². The van der Waals surface area contributed by atoms with E-state index in [1.54, 1.807) is 19.9 Å². The normalized spacial score (nSPS) is 51.9. The molecule has 0 amide bonds. The molecular weight excluding hydrogens is 476 g/mol. The third kappa shape index (κ3) is 3.65. The molecule has 1 aliphatic heterocycles. The molecule has 4 aliphatic carbocycles. The fourth-order valence-corrected chi connectivity index (χ4v) is 9.39. The molecule has 1 saturated heterocycles. The number of hydrogen-bond donors (Lipinski definition) is 5. The van der Waals surface area contributed by atoms with Gasteiger partial charge in [0.25, 0.3) is 0 Å². The first-order valence-corrected chi connectivity index (χ1v) is 14.0. The minimum Gasteiger partial charge on any atom is -0.462 e. The minimum atomic E-state index is -1.52. The monoisotopic (exact) mass is 520 g/mol. The Bertz CT molecular complexity index is 1010. The third-order valence-corrected chi connectivity index (χ3v) is 11.9. The summed E-state index contributed by atoms with van der Waals surface area (Å²) in [5.74, 6) is -1.88. The zero-order valence-electron chi connectivity index (χ0n) is 22.7. The molecule has 5 aliphatic rings. The van der Waals surface area contributed by atoms with E-state index in [-0.39, 0.29) is 48.5 Å². The Balaban J connectivity index is 1.44. The maximum Gasteiger partial charge on any atom is 0.309 e. The molecule has 5 N–H and O–H groups in total. The minimum absolute atomic E-state index is 0.104. The second-order valence-electron chi connectivity index (χ2n) is 13.7. The highest BCUT2D eigenvalue weighted by molar-refractivity contribution is 5.95. The van der Waals surface area contributed by atoms with Gasteiger partial charge in [0, 0.05) is 17.3 Å². The van der Waals surface area contributed by atoms with Crippen molar-refractivity contribution in [2.75, 3.05) is 0 Å². The van der Waals surface area contributed by atoms with Gasteiger partial charge in [0.1, 0.15) is 6.10 Å². The van der Waals surface area contributed by atoms with E-state index in [1.807, 2.05) is 20.8 Å². The molecule has 0 aromatic carbocycles. The number of aliphatic hydroxyl groups is 5. The van der Waals surface area contributed by atoms with Crippen molar-refractivity contribution in [2.45, 2.75) is 115 Å². The van der Waals surface area contributed by atoms with Gasteiger partial charge in [-0.3, -0.25) is 9.59 Å². The van der Waals surface area contributed by atoms with Crippen molar-refractivity contribution in [1.29, 1.82) is 0 Å². The predicted octanol–water partition coefficient (Wildman–Crippen LogP) is 1.89. The van der Waals surface area contributed by atoms with E-state index < -0.39 is 52.2 Å². The third-order valence-electron chi connectivity index (χ3n) is 11.9. The van der Waals surface area contributed by atoms with E-state index in [4.69, 9.17) is 4.74 Å². The molecule has 0 aromatic heterocycles. The maximum atomic E-state index is 13.3. The number of allylic oxidation sites excluding steroid dienone is 1. The van der Waals surface area contributed by atoms with Crippen LogP contribution in [0.5, 0.6) is 0 Å². The lowest BCUT2D eigenvalue weighted by Gasteiger charge is -2.60. The number of carbonyl (C=O) groups excluding carboxylic acids is 2. The Morgan fingerprint density at radius 2 is 1.78 bits per heavy atom. The second-order valence-corrected chi connectivity index (χ2v) is 13.7. The van der Waals surface area contributed by atoms with Gasteiger partial charge < -0.3 is 30.3 Å².